The number of rotatable bonds is 11. The molecule has 0 amide bonds. The maximum absolute atomic E-state index is 5.75. The van der Waals surface area contributed by atoms with Crippen LogP contribution in [0.4, 0.5) is 34.5 Å². The van der Waals surface area contributed by atoms with E-state index in [2.05, 4.69) is 69.8 Å². The van der Waals surface area contributed by atoms with Gasteiger partial charge in [-0.05, 0) is 67.9 Å². The van der Waals surface area contributed by atoms with Crippen LogP contribution in [0, 0.1) is 0 Å². The Bertz CT molecular complexity index is 1540. The summed E-state index contributed by atoms with van der Waals surface area (Å²) in [6, 6.07) is 25.1. The molecule has 0 spiro atoms. The molecule has 6 rings (SSSR count). The topological polar surface area (TPSA) is 75.7 Å². The number of morpholine rings is 2. The Hall–Kier alpha value is -4.54. The molecule has 242 valence electrons. The van der Waals surface area contributed by atoms with Crippen LogP contribution in [0.3, 0.4) is 0 Å². The van der Waals surface area contributed by atoms with E-state index in [9.17, 15) is 0 Å². The molecule has 0 atom stereocenters. The van der Waals surface area contributed by atoms with E-state index >= 15 is 0 Å². The van der Waals surface area contributed by atoms with Gasteiger partial charge in [-0.15, -0.1) is 0 Å². The van der Waals surface area contributed by atoms with E-state index in [1.54, 1.807) is 14.2 Å². The smallest absolute Gasteiger partial charge is 0.232 e. The maximum Gasteiger partial charge on any atom is 0.232 e. The van der Waals surface area contributed by atoms with Crippen molar-refractivity contribution in [2.75, 3.05) is 86.4 Å². The third kappa shape index (κ3) is 7.13. The highest BCUT2D eigenvalue weighted by atomic mass is 16.5. The first kappa shape index (κ1) is 31.4. The van der Waals surface area contributed by atoms with Gasteiger partial charge in [-0.2, -0.15) is 4.98 Å². The first-order valence-electron chi connectivity index (χ1n) is 16.0. The molecule has 0 aliphatic carbocycles. The van der Waals surface area contributed by atoms with Gasteiger partial charge in [0.2, 0.25) is 5.95 Å². The van der Waals surface area contributed by atoms with E-state index in [-0.39, 0.29) is 6.04 Å². The zero-order valence-corrected chi connectivity index (χ0v) is 27.3. The summed E-state index contributed by atoms with van der Waals surface area (Å²) in [7, 11) is 3.39. The lowest BCUT2D eigenvalue weighted by atomic mass is 10.1. The average Bonchev–Trinajstić information content (AvgIpc) is 3.11. The molecule has 0 unspecified atom stereocenters. The molecular weight excluding hydrogens is 580 g/mol. The van der Waals surface area contributed by atoms with Gasteiger partial charge in [0.25, 0.3) is 0 Å². The average molecular weight is 625 g/mol. The summed E-state index contributed by atoms with van der Waals surface area (Å²) >= 11 is 0. The van der Waals surface area contributed by atoms with E-state index in [0.29, 0.717) is 38.9 Å². The van der Waals surface area contributed by atoms with Crippen molar-refractivity contribution in [1.82, 2.24) is 9.97 Å². The van der Waals surface area contributed by atoms with Crippen LogP contribution in [0.15, 0.2) is 79.0 Å². The molecule has 10 nitrogen and oxygen atoms in total. The molecule has 3 aromatic carbocycles. The number of para-hydroxylation sites is 2. The van der Waals surface area contributed by atoms with Gasteiger partial charge in [0.05, 0.1) is 52.9 Å². The summed E-state index contributed by atoms with van der Waals surface area (Å²) in [5, 5.41) is 0. The maximum atomic E-state index is 5.75. The number of methoxy groups -OCH3 is 2. The fourth-order valence-electron chi connectivity index (χ4n) is 6.03. The number of hydrogen-bond donors (Lipinski definition) is 0. The normalized spacial score (nSPS) is 15.2. The number of aromatic nitrogens is 2. The molecule has 4 aromatic rings. The largest absolute Gasteiger partial charge is 0.497 e. The first-order valence-corrected chi connectivity index (χ1v) is 16.0. The Morgan fingerprint density at radius 1 is 0.783 bits per heavy atom. The minimum Gasteiger partial charge on any atom is -0.497 e. The summed E-state index contributed by atoms with van der Waals surface area (Å²) in [6.07, 6.45) is 1.85. The Labute approximate surface area is 272 Å². The first-order chi connectivity index (χ1) is 22.5. The van der Waals surface area contributed by atoms with Crippen molar-refractivity contribution >= 4 is 34.5 Å². The van der Waals surface area contributed by atoms with Crippen molar-refractivity contribution in [1.29, 1.82) is 0 Å². The predicted molar refractivity (Wildman–Crippen MR) is 184 cm³/mol. The Kier molecular flexibility index (Phi) is 10.0. The van der Waals surface area contributed by atoms with Crippen molar-refractivity contribution < 1.29 is 18.9 Å². The zero-order valence-electron chi connectivity index (χ0n) is 27.3. The second-order valence-corrected chi connectivity index (χ2v) is 11.7. The SMILES string of the molecule is COc1ccc(CN(c2cc(N3CCOCC3)cc(N3CCOCC3)c2)c2nccc(N(c3ccccc3OC)C(C)C)n2)cc1. The van der Waals surface area contributed by atoms with Crippen molar-refractivity contribution in [3.8, 4) is 11.5 Å². The second kappa shape index (κ2) is 14.7. The van der Waals surface area contributed by atoms with Gasteiger partial charge in [-0.1, -0.05) is 24.3 Å². The third-order valence-electron chi connectivity index (χ3n) is 8.43. The molecule has 2 saturated heterocycles. The highest BCUT2D eigenvalue weighted by Gasteiger charge is 2.24. The molecular formula is C36H44N6O4. The molecule has 2 aliphatic heterocycles. The summed E-state index contributed by atoms with van der Waals surface area (Å²) in [6.45, 7) is 11.1. The van der Waals surface area contributed by atoms with Crippen LogP contribution in [0.25, 0.3) is 0 Å². The van der Waals surface area contributed by atoms with Crippen molar-refractivity contribution in [2.45, 2.75) is 26.4 Å². The Morgan fingerprint density at radius 2 is 1.41 bits per heavy atom. The van der Waals surface area contributed by atoms with Gasteiger partial charge in [-0.3, -0.25) is 0 Å². The molecule has 10 heteroatoms. The van der Waals surface area contributed by atoms with Crippen molar-refractivity contribution in [3.05, 3.63) is 84.6 Å². The quantitative estimate of drug-likeness (QED) is 0.197. The lowest BCUT2D eigenvalue weighted by Crippen LogP contribution is -2.38. The number of benzene rings is 3. The highest BCUT2D eigenvalue weighted by Crippen LogP contribution is 2.38. The van der Waals surface area contributed by atoms with E-state index < -0.39 is 0 Å². The molecule has 0 radical (unpaired) electrons. The molecule has 0 N–H and O–H groups in total. The van der Waals surface area contributed by atoms with Crippen LogP contribution in [-0.4, -0.2) is 82.8 Å². The van der Waals surface area contributed by atoms with Crippen LogP contribution in [0.5, 0.6) is 11.5 Å². The van der Waals surface area contributed by atoms with E-state index in [1.807, 2.05) is 42.6 Å². The minimum atomic E-state index is 0.117. The van der Waals surface area contributed by atoms with Gasteiger partial charge in [0.15, 0.2) is 0 Å². The van der Waals surface area contributed by atoms with Crippen molar-refractivity contribution in [2.24, 2.45) is 0 Å². The molecule has 0 bridgehead atoms. The van der Waals surface area contributed by atoms with E-state index in [1.165, 1.54) is 0 Å². The molecule has 46 heavy (non-hydrogen) atoms. The van der Waals surface area contributed by atoms with Gasteiger partial charge in [-0.25, -0.2) is 4.98 Å². The van der Waals surface area contributed by atoms with E-state index in [0.717, 1.165) is 71.8 Å². The van der Waals surface area contributed by atoms with Gasteiger partial charge >= 0.3 is 0 Å². The van der Waals surface area contributed by atoms with E-state index in [4.69, 9.17) is 28.9 Å². The molecule has 1 aromatic heterocycles. The fourth-order valence-corrected chi connectivity index (χ4v) is 6.03. The number of nitrogens with zero attached hydrogens (tertiary/aromatic N) is 6. The molecule has 2 aliphatic rings. The summed E-state index contributed by atoms with van der Waals surface area (Å²) in [5.41, 5.74) is 5.42. The zero-order chi connectivity index (χ0) is 31.9. The van der Waals surface area contributed by atoms with Crippen LogP contribution in [-0.2, 0) is 16.0 Å². The van der Waals surface area contributed by atoms with Gasteiger partial charge in [0, 0.05) is 55.5 Å². The monoisotopic (exact) mass is 624 g/mol. The Morgan fingerprint density at radius 3 is 2.00 bits per heavy atom. The fraction of sp³-hybridized carbons (Fsp3) is 0.389. The number of ether oxygens (including phenoxy) is 4. The highest BCUT2D eigenvalue weighted by molar-refractivity contribution is 5.74. The minimum absolute atomic E-state index is 0.117. The summed E-state index contributed by atoms with van der Waals surface area (Å²) in [5.74, 6) is 3.02. The van der Waals surface area contributed by atoms with Gasteiger partial charge in [0.1, 0.15) is 17.3 Å². The molecule has 2 fully saturated rings. The number of hydrogen-bond acceptors (Lipinski definition) is 10. The van der Waals surface area contributed by atoms with Gasteiger partial charge < -0.3 is 38.5 Å². The summed E-state index contributed by atoms with van der Waals surface area (Å²) in [4.78, 5) is 19.3. The van der Waals surface area contributed by atoms with Crippen LogP contribution in [0.1, 0.15) is 19.4 Å². The predicted octanol–water partition coefficient (Wildman–Crippen LogP) is 6.05. The number of anilines is 6. The van der Waals surface area contributed by atoms with Crippen LogP contribution < -0.4 is 29.1 Å². The third-order valence-corrected chi connectivity index (χ3v) is 8.43. The van der Waals surface area contributed by atoms with Crippen LogP contribution in [0.2, 0.25) is 0 Å². The Balaban J connectivity index is 1.46. The summed E-state index contributed by atoms with van der Waals surface area (Å²) < 4.78 is 22.6. The lowest BCUT2D eigenvalue weighted by molar-refractivity contribution is 0.122. The standard InChI is InChI=1S/C36H44N6O4/c1-27(2)42(33-7-5-6-8-34(33)44-4)35-13-14-37-36(38-35)41(26-28-9-11-32(43-3)12-10-28)31-24-29(39-15-19-45-20-16-39)23-30(25-31)40-17-21-46-22-18-40/h5-14,23-25,27H,15-22,26H2,1-4H3. The van der Waals surface area contributed by atoms with Crippen LogP contribution >= 0.6 is 0 Å². The molecule has 0 saturated carbocycles. The molecule has 3 heterocycles. The van der Waals surface area contributed by atoms with Crippen molar-refractivity contribution in [3.63, 3.8) is 0 Å². The second-order valence-electron chi connectivity index (χ2n) is 11.7. The lowest BCUT2D eigenvalue weighted by Gasteiger charge is -2.34.